The van der Waals surface area contributed by atoms with Crippen molar-refractivity contribution in [1.29, 1.82) is 0 Å². The van der Waals surface area contributed by atoms with Gasteiger partial charge in [0.1, 0.15) is 11.6 Å². The molecule has 2 aliphatic carbocycles. The zero-order valence-electron chi connectivity index (χ0n) is 25.2. The van der Waals surface area contributed by atoms with Crippen LogP contribution in [0.5, 0.6) is 0 Å². The topological polar surface area (TPSA) is 59.0 Å². The van der Waals surface area contributed by atoms with Crippen LogP contribution in [0.1, 0.15) is 95.0 Å². The highest BCUT2D eigenvalue weighted by atomic mass is 19.1. The summed E-state index contributed by atoms with van der Waals surface area (Å²) < 4.78 is 36.2. The molecule has 2 heterocycles. The number of likely N-dealkylation sites (tertiary alicyclic amines) is 1. The summed E-state index contributed by atoms with van der Waals surface area (Å²) in [6.45, 7) is 9.19. The van der Waals surface area contributed by atoms with Crippen LogP contribution in [0.4, 0.5) is 13.6 Å². The van der Waals surface area contributed by atoms with Crippen molar-refractivity contribution in [2.45, 2.75) is 90.7 Å². The maximum Gasteiger partial charge on any atom is 0.410 e. The summed E-state index contributed by atoms with van der Waals surface area (Å²) in [7, 11) is 0. The molecule has 5 nitrogen and oxygen atoms in total. The van der Waals surface area contributed by atoms with Crippen molar-refractivity contribution in [2.75, 3.05) is 13.1 Å². The molecule has 7 heteroatoms. The van der Waals surface area contributed by atoms with E-state index < -0.39 is 23.0 Å². The SMILES string of the molecule is CC(C)OC(=O)N1CCC(C2(C)N=CC3=C2/C=C/CC/C(c2cc(F)c(C(=O)C=C4CCC[C@@H](C)C4)cc2F)=C\3)CC1. The second-order valence-corrected chi connectivity index (χ2v) is 12.8. The Labute approximate surface area is 248 Å². The number of carbonyl (C=O) groups excluding carboxylic acids is 2. The van der Waals surface area contributed by atoms with Gasteiger partial charge in [-0.15, -0.1) is 0 Å². The van der Waals surface area contributed by atoms with E-state index in [-0.39, 0.29) is 29.2 Å². The molecule has 1 aromatic carbocycles. The summed E-state index contributed by atoms with van der Waals surface area (Å²) in [4.78, 5) is 32.0. The number of carbonyl (C=O) groups is 2. The number of benzene rings is 1. The van der Waals surface area contributed by atoms with Crippen LogP contribution in [0.25, 0.3) is 5.57 Å². The van der Waals surface area contributed by atoms with E-state index in [2.05, 4.69) is 26.0 Å². The average molecular weight is 577 g/mol. The van der Waals surface area contributed by atoms with Gasteiger partial charge >= 0.3 is 6.09 Å². The maximum absolute atomic E-state index is 15.5. The van der Waals surface area contributed by atoms with Gasteiger partial charge in [0.25, 0.3) is 0 Å². The fraction of sp³-hybridized carbons (Fsp3) is 0.514. The normalized spacial score (nSPS) is 27.9. The molecule has 2 atom stereocenters. The third-order valence-corrected chi connectivity index (χ3v) is 9.22. The van der Waals surface area contributed by atoms with Gasteiger partial charge in [0, 0.05) is 24.9 Å². The van der Waals surface area contributed by atoms with Crippen LogP contribution in [0.3, 0.4) is 0 Å². The number of rotatable bonds is 5. The number of allylic oxidation sites excluding steroid dienone is 6. The second kappa shape index (κ2) is 12.5. The Bertz CT molecular complexity index is 1390. The van der Waals surface area contributed by atoms with Gasteiger partial charge in [0.05, 0.1) is 17.2 Å². The van der Waals surface area contributed by atoms with Gasteiger partial charge < -0.3 is 9.64 Å². The first-order valence-corrected chi connectivity index (χ1v) is 15.4. The van der Waals surface area contributed by atoms with Gasteiger partial charge in [-0.25, -0.2) is 13.6 Å². The van der Waals surface area contributed by atoms with E-state index in [1.807, 2.05) is 26.1 Å². The quantitative estimate of drug-likeness (QED) is 0.261. The molecule has 224 valence electrons. The van der Waals surface area contributed by atoms with E-state index in [1.165, 1.54) is 12.1 Å². The molecule has 0 spiro atoms. The molecule has 0 aromatic heterocycles. The monoisotopic (exact) mass is 576 g/mol. The van der Waals surface area contributed by atoms with Gasteiger partial charge in [-0.2, -0.15) is 0 Å². The minimum atomic E-state index is -0.697. The number of hydrogen-bond acceptors (Lipinski definition) is 4. The van der Waals surface area contributed by atoms with Crippen molar-refractivity contribution < 1.29 is 23.1 Å². The lowest BCUT2D eigenvalue weighted by Gasteiger charge is -2.40. The van der Waals surface area contributed by atoms with Crippen LogP contribution in [0.2, 0.25) is 0 Å². The summed E-state index contributed by atoms with van der Waals surface area (Å²) >= 11 is 0. The minimum absolute atomic E-state index is 0.154. The molecule has 5 rings (SSSR count). The highest BCUT2D eigenvalue weighted by Gasteiger charge is 2.42. The molecule has 2 aliphatic heterocycles. The lowest BCUT2D eigenvalue weighted by atomic mass is 9.74. The second-order valence-electron chi connectivity index (χ2n) is 12.8. The van der Waals surface area contributed by atoms with Crippen LogP contribution in [0.15, 0.2) is 58.1 Å². The Morgan fingerprint density at radius 1 is 1.12 bits per heavy atom. The van der Waals surface area contributed by atoms with Crippen molar-refractivity contribution in [3.63, 3.8) is 0 Å². The summed E-state index contributed by atoms with van der Waals surface area (Å²) in [6.07, 6.45) is 15.7. The largest absolute Gasteiger partial charge is 0.447 e. The van der Waals surface area contributed by atoms with Gasteiger partial charge in [0.2, 0.25) is 0 Å². The molecule has 1 saturated heterocycles. The zero-order chi connectivity index (χ0) is 30.0. The first kappa shape index (κ1) is 30.1. The molecule has 0 N–H and O–H groups in total. The maximum atomic E-state index is 15.5. The Kier molecular flexibility index (Phi) is 8.95. The van der Waals surface area contributed by atoms with Crippen molar-refractivity contribution in [3.05, 3.63) is 75.9 Å². The molecule has 4 aliphatic rings. The van der Waals surface area contributed by atoms with E-state index in [4.69, 9.17) is 9.73 Å². The van der Waals surface area contributed by atoms with Gasteiger partial charge in [-0.05, 0) is 119 Å². The van der Waals surface area contributed by atoms with Crippen LogP contribution < -0.4 is 0 Å². The lowest BCUT2D eigenvalue weighted by Crippen LogP contribution is -2.45. The fourth-order valence-corrected chi connectivity index (χ4v) is 6.86. The van der Waals surface area contributed by atoms with E-state index >= 15 is 8.78 Å². The average Bonchev–Trinajstić information content (AvgIpc) is 3.24. The van der Waals surface area contributed by atoms with Crippen molar-refractivity contribution in [3.8, 4) is 0 Å². The molecule has 0 radical (unpaired) electrons. The van der Waals surface area contributed by atoms with Gasteiger partial charge in [-0.1, -0.05) is 31.1 Å². The molecular formula is C35H42F2N2O3. The number of piperidine rings is 1. The summed E-state index contributed by atoms with van der Waals surface area (Å²) in [5.74, 6) is -1.03. The predicted octanol–water partition coefficient (Wildman–Crippen LogP) is 8.41. The molecule has 0 bridgehead atoms. The van der Waals surface area contributed by atoms with E-state index in [1.54, 1.807) is 4.90 Å². The van der Waals surface area contributed by atoms with E-state index in [0.29, 0.717) is 37.4 Å². The number of ether oxygens (including phenoxy) is 1. The Balaban J connectivity index is 1.37. The number of hydrogen-bond donors (Lipinski definition) is 0. The van der Waals surface area contributed by atoms with Crippen LogP contribution in [-0.4, -0.2) is 47.7 Å². The van der Waals surface area contributed by atoms with Crippen LogP contribution in [-0.2, 0) is 4.74 Å². The van der Waals surface area contributed by atoms with Crippen molar-refractivity contribution in [2.24, 2.45) is 16.8 Å². The summed E-state index contributed by atoms with van der Waals surface area (Å²) in [5.41, 5.74) is 3.15. The number of halogens is 2. The Morgan fingerprint density at radius 2 is 1.88 bits per heavy atom. The van der Waals surface area contributed by atoms with Crippen molar-refractivity contribution in [1.82, 2.24) is 4.90 Å². The number of amides is 1. The Morgan fingerprint density at radius 3 is 2.60 bits per heavy atom. The number of nitrogens with zero attached hydrogens (tertiary/aromatic N) is 2. The van der Waals surface area contributed by atoms with Crippen molar-refractivity contribution >= 4 is 23.7 Å². The fourth-order valence-electron chi connectivity index (χ4n) is 6.86. The molecule has 2 fully saturated rings. The van der Waals surface area contributed by atoms with Crippen LogP contribution >= 0.6 is 0 Å². The third-order valence-electron chi connectivity index (χ3n) is 9.22. The van der Waals surface area contributed by atoms with E-state index in [0.717, 1.165) is 61.3 Å². The van der Waals surface area contributed by atoms with E-state index in [9.17, 15) is 9.59 Å². The number of ketones is 1. The zero-order valence-corrected chi connectivity index (χ0v) is 25.2. The smallest absolute Gasteiger partial charge is 0.410 e. The molecular weight excluding hydrogens is 534 g/mol. The van der Waals surface area contributed by atoms with Gasteiger partial charge in [-0.3, -0.25) is 9.79 Å². The molecule has 1 unspecified atom stereocenters. The molecule has 1 amide bonds. The predicted molar refractivity (Wildman–Crippen MR) is 163 cm³/mol. The highest BCUT2D eigenvalue weighted by Crippen LogP contribution is 2.43. The first-order valence-electron chi connectivity index (χ1n) is 15.4. The summed E-state index contributed by atoms with van der Waals surface area (Å²) in [6, 6.07) is 2.24. The number of aliphatic imine (C=N–C) groups is 1. The molecule has 42 heavy (non-hydrogen) atoms. The lowest BCUT2D eigenvalue weighted by molar-refractivity contribution is 0.0610. The minimum Gasteiger partial charge on any atom is -0.447 e. The van der Waals surface area contributed by atoms with Crippen LogP contribution in [0, 0.1) is 23.5 Å². The molecule has 1 aromatic rings. The summed E-state index contributed by atoms with van der Waals surface area (Å²) in [5, 5.41) is 0. The van der Waals surface area contributed by atoms with Gasteiger partial charge in [0.15, 0.2) is 5.78 Å². The molecule has 1 saturated carbocycles. The standard InChI is InChI=1S/C35H42F2N2O3/c1-22(2)42-34(41)39-14-12-27(13-15-39)35(4)30-11-6-5-10-25(18-26(30)21-38-35)28-19-32(37)29(20-31(28)36)33(40)17-24-9-7-8-23(3)16-24/h6,11,17-23,27H,5,7-10,12-16H2,1-4H3/b11-6+,24-17?,25-18+/t23-,35?/m1/s1. The third kappa shape index (κ3) is 6.35. The Hall–Kier alpha value is -3.35. The first-order chi connectivity index (χ1) is 20.0. The highest BCUT2D eigenvalue weighted by molar-refractivity contribution is 6.05.